The van der Waals surface area contributed by atoms with Crippen molar-refractivity contribution >= 4 is 32.8 Å². The molecule has 1 aromatic heterocycles. The van der Waals surface area contributed by atoms with E-state index in [-0.39, 0.29) is 11.3 Å². The third-order valence-electron chi connectivity index (χ3n) is 2.23. The zero-order valence-corrected chi connectivity index (χ0v) is 9.98. The first-order valence-corrected chi connectivity index (χ1v) is 5.29. The van der Waals surface area contributed by atoms with Crippen LogP contribution in [0.5, 0.6) is 5.75 Å². The lowest BCUT2D eigenvalue weighted by Crippen LogP contribution is -2.02. The number of ether oxygens (including phenoxy) is 1. The number of carboxylic acid groups (broad SMARTS) is 1. The maximum atomic E-state index is 11.0. The van der Waals surface area contributed by atoms with Crippen LogP contribution in [0.4, 0.5) is 0 Å². The minimum atomic E-state index is -1.04. The van der Waals surface area contributed by atoms with Crippen molar-refractivity contribution in [2.24, 2.45) is 0 Å². The Morgan fingerprint density at radius 1 is 1.56 bits per heavy atom. The number of pyridine rings is 1. The highest BCUT2D eigenvalue weighted by Gasteiger charge is 2.17. The second kappa shape index (κ2) is 4.09. The van der Waals surface area contributed by atoms with Gasteiger partial charge in [0, 0.05) is 16.1 Å². The van der Waals surface area contributed by atoms with Gasteiger partial charge in [-0.25, -0.2) is 4.79 Å². The molecule has 2 rings (SSSR count). The van der Waals surface area contributed by atoms with Gasteiger partial charge < -0.3 is 9.84 Å². The van der Waals surface area contributed by atoms with Crippen molar-refractivity contribution in [3.05, 3.63) is 34.4 Å². The predicted molar refractivity (Wildman–Crippen MR) is 63.0 cm³/mol. The molecular weight excluding hydrogens is 274 g/mol. The zero-order valence-electron chi connectivity index (χ0n) is 8.40. The predicted octanol–water partition coefficient (Wildman–Crippen LogP) is 2.70. The Balaban J connectivity index is 2.90. The minimum Gasteiger partial charge on any atom is -0.494 e. The van der Waals surface area contributed by atoms with E-state index < -0.39 is 5.97 Å². The van der Waals surface area contributed by atoms with Gasteiger partial charge in [-0.15, -0.1) is 0 Å². The number of rotatable bonds is 2. The number of carboxylic acids is 1. The molecular formula is C11H8BrNO3. The Kier molecular flexibility index (Phi) is 2.78. The number of benzene rings is 1. The Labute approximate surface area is 100.0 Å². The van der Waals surface area contributed by atoms with Gasteiger partial charge in [0.25, 0.3) is 0 Å². The smallest absolute Gasteiger partial charge is 0.339 e. The largest absolute Gasteiger partial charge is 0.494 e. The van der Waals surface area contributed by atoms with Gasteiger partial charge in [-0.2, -0.15) is 0 Å². The van der Waals surface area contributed by atoms with Crippen LogP contribution >= 0.6 is 15.9 Å². The average Bonchev–Trinajstić information content (AvgIpc) is 2.29. The van der Waals surface area contributed by atoms with Crippen molar-refractivity contribution in [2.75, 3.05) is 7.11 Å². The Morgan fingerprint density at radius 3 is 2.94 bits per heavy atom. The standard InChI is InChI=1S/C11H8BrNO3/c1-16-10-7(11(14)15)5-8(12)6-3-2-4-13-9(6)10/h2-5H,1H3,(H,14,15). The fourth-order valence-electron chi connectivity index (χ4n) is 1.54. The van der Waals surface area contributed by atoms with E-state index in [0.29, 0.717) is 9.99 Å². The molecule has 0 aliphatic rings. The number of aromatic carboxylic acids is 1. The van der Waals surface area contributed by atoms with E-state index in [9.17, 15) is 4.79 Å². The number of methoxy groups -OCH3 is 1. The van der Waals surface area contributed by atoms with Crippen LogP contribution < -0.4 is 4.74 Å². The molecule has 0 aliphatic carbocycles. The van der Waals surface area contributed by atoms with Gasteiger partial charge in [-0.3, -0.25) is 4.98 Å². The van der Waals surface area contributed by atoms with Crippen LogP contribution in [0.2, 0.25) is 0 Å². The number of hydrogen-bond acceptors (Lipinski definition) is 3. The molecule has 1 heterocycles. The second-order valence-corrected chi connectivity index (χ2v) is 4.00. The molecule has 0 aliphatic heterocycles. The van der Waals surface area contributed by atoms with E-state index in [2.05, 4.69) is 20.9 Å². The highest BCUT2D eigenvalue weighted by Crippen LogP contribution is 2.33. The van der Waals surface area contributed by atoms with Crippen LogP contribution in [-0.2, 0) is 0 Å². The van der Waals surface area contributed by atoms with Crippen LogP contribution in [0, 0.1) is 0 Å². The van der Waals surface area contributed by atoms with E-state index in [4.69, 9.17) is 9.84 Å². The fourth-order valence-corrected chi connectivity index (χ4v) is 2.09. The lowest BCUT2D eigenvalue weighted by molar-refractivity contribution is 0.0693. The minimum absolute atomic E-state index is 0.0978. The molecule has 0 radical (unpaired) electrons. The molecule has 16 heavy (non-hydrogen) atoms. The summed E-state index contributed by atoms with van der Waals surface area (Å²) in [7, 11) is 1.43. The zero-order chi connectivity index (χ0) is 11.7. The summed E-state index contributed by atoms with van der Waals surface area (Å²) in [4.78, 5) is 15.2. The molecule has 0 saturated heterocycles. The average molecular weight is 282 g/mol. The van der Waals surface area contributed by atoms with Gasteiger partial charge in [0.1, 0.15) is 11.1 Å². The van der Waals surface area contributed by atoms with Crippen molar-refractivity contribution in [1.82, 2.24) is 4.98 Å². The third-order valence-corrected chi connectivity index (χ3v) is 2.89. The molecule has 0 amide bonds. The van der Waals surface area contributed by atoms with E-state index in [1.807, 2.05) is 6.07 Å². The molecule has 0 unspecified atom stereocenters. The maximum Gasteiger partial charge on any atom is 0.339 e. The first kappa shape index (κ1) is 10.9. The summed E-state index contributed by atoms with van der Waals surface area (Å²) in [5.74, 6) is -0.753. The first-order chi connectivity index (χ1) is 7.65. The van der Waals surface area contributed by atoms with E-state index in [1.165, 1.54) is 13.2 Å². The Morgan fingerprint density at radius 2 is 2.31 bits per heavy atom. The van der Waals surface area contributed by atoms with Crippen LogP contribution in [0.1, 0.15) is 10.4 Å². The lowest BCUT2D eigenvalue weighted by atomic mass is 10.1. The van der Waals surface area contributed by atoms with Crippen molar-refractivity contribution in [2.45, 2.75) is 0 Å². The van der Waals surface area contributed by atoms with Crippen LogP contribution in [-0.4, -0.2) is 23.2 Å². The van der Waals surface area contributed by atoms with Crippen molar-refractivity contribution in [1.29, 1.82) is 0 Å². The quantitative estimate of drug-likeness (QED) is 0.920. The normalized spacial score (nSPS) is 10.4. The Bertz CT molecular complexity index is 568. The van der Waals surface area contributed by atoms with Crippen molar-refractivity contribution in [3.63, 3.8) is 0 Å². The number of hydrogen-bond donors (Lipinski definition) is 1. The van der Waals surface area contributed by atoms with E-state index >= 15 is 0 Å². The van der Waals surface area contributed by atoms with Gasteiger partial charge in [0.2, 0.25) is 0 Å². The molecule has 0 bridgehead atoms. The number of halogens is 1. The lowest BCUT2D eigenvalue weighted by Gasteiger charge is -2.09. The van der Waals surface area contributed by atoms with Crippen molar-refractivity contribution < 1.29 is 14.6 Å². The van der Waals surface area contributed by atoms with Crippen LogP contribution in [0.25, 0.3) is 10.9 Å². The van der Waals surface area contributed by atoms with Crippen LogP contribution in [0.15, 0.2) is 28.9 Å². The number of fused-ring (bicyclic) bond motifs is 1. The first-order valence-electron chi connectivity index (χ1n) is 4.49. The van der Waals surface area contributed by atoms with E-state index in [1.54, 1.807) is 12.3 Å². The molecule has 0 fully saturated rings. The van der Waals surface area contributed by atoms with Crippen molar-refractivity contribution in [3.8, 4) is 5.75 Å². The van der Waals surface area contributed by atoms with E-state index in [0.717, 1.165) is 5.39 Å². The molecule has 0 spiro atoms. The third kappa shape index (κ3) is 1.63. The van der Waals surface area contributed by atoms with Gasteiger partial charge in [-0.05, 0) is 12.1 Å². The Hall–Kier alpha value is -1.62. The number of aromatic nitrogens is 1. The summed E-state index contributed by atoms with van der Waals surface area (Å²) in [6.07, 6.45) is 1.60. The molecule has 1 aromatic carbocycles. The monoisotopic (exact) mass is 281 g/mol. The summed E-state index contributed by atoms with van der Waals surface area (Å²) < 4.78 is 5.80. The SMILES string of the molecule is COc1c(C(=O)O)cc(Br)c2cccnc12. The summed E-state index contributed by atoms with van der Waals surface area (Å²) >= 11 is 3.32. The number of nitrogens with zero attached hydrogens (tertiary/aromatic N) is 1. The molecule has 1 N–H and O–H groups in total. The molecule has 4 nitrogen and oxygen atoms in total. The van der Waals surface area contributed by atoms with Gasteiger partial charge >= 0.3 is 5.97 Å². The molecule has 0 saturated carbocycles. The second-order valence-electron chi connectivity index (χ2n) is 3.14. The summed E-state index contributed by atoms with van der Waals surface area (Å²) in [6.45, 7) is 0. The molecule has 82 valence electrons. The van der Waals surface area contributed by atoms with Gasteiger partial charge in [-0.1, -0.05) is 22.0 Å². The topological polar surface area (TPSA) is 59.4 Å². The van der Waals surface area contributed by atoms with Crippen LogP contribution in [0.3, 0.4) is 0 Å². The molecule has 0 atom stereocenters. The summed E-state index contributed by atoms with van der Waals surface area (Å²) in [5.41, 5.74) is 0.636. The highest BCUT2D eigenvalue weighted by molar-refractivity contribution is 9.10. The highest BCUT2D eigenvalue weighted by atomic mass is 79.9. The summed E-state index contributed by atoms with van der Waals surface area (Å²) in [5, 5.41) is 9.88. The summed E-state index contributed by atoms with van der Waals surface area (Å²) in [6, 6.07) is 5.15. The van der Waals surface area contributed by atoms with Gasteiger partial charge in [0.05, 0.1) is 7.11 Å². The maximum absolute atomic E-state index is 11.0. The molecule has 5 heteroatoms. The van der Waals surface area contributed by atoms with Gasteiger partial charge in [0.15, 0.2) is 5.75 Å². The fraction of sp³-hybridized carbons (Fsp3) is 0.0909. The molecule has 2 aromatic rings. The number of carbonyl (C=O) groups is 1.